The van der Waals surface area contributed by atoms with Crippen LogP contribution in [-0.2, 0) is 4.74 Å². The Kier molecular flexibility index (Phi) is 4.54. The average Bonchev–Trinajstić information content (AvgIpc) is 2.89. The van der Waals surface area contributed by atoms with E-state index in [1.165, 1.54) is 6.07 Å². The maximum atomic E-state index is 13.6. The number of ether oxygens (including phenoxy) is 1. The maximum absolute atomic E-state index is 13.6. The lowest BCUT2D eigenvalue weighted by molar-refractivity contribution is 0.0289. The Morgan fingerprint density at radius 1 is 1.32 bits per heavy atom. The predicted molar refractivity (Wildman–Crippen MR) is 81.4 cm³/mol. The number of amides is 1. The summed E-state index contributed by atoms with van der Waals surface area (Å²) >= 11 is 0. The highest BCUT2D eigenvalue weighted by molar-refractivity contribution is 5.98. The molecule has 1 heterocycles. The third-order valence-corrected chi connectivity index (χ3v) is 3.67. The van der Waals surface area contributed by atoms with Gasteiger partial charge in [-0.1, -0.05) is 12.1 Å². The number of rotatable bonds is 2. The van der Waals surface area contributed by atoms with Gasteiger partial charge in [0, 0.05) is 24.6 Å². The molecule has 1 aromatic carbocycles. The van der Waals surface area contributed by atoms with Crippen molar-refractivity contribution in [3.05, 3.63) is 35.1 Å². The topological polar surface area (TPSA) is 46.6 Å². The Balaban J connectivity index is 2.02. The molecule has 1 saturated heterocycles. The highest BCUT2D eigenvalue weighted by Gasteiger charge is 2.33. The van der Waals surface area contributed by atoms with Crippen LogP contribution in [0.15, 0.2) is 18.2 Å². The van der Waals surface area contributed by atoms with Gasteiger partial charge in [-0.2, -0.15) is 0 Å². The van der Waals surface area contributed by atoms with E-state index >= 15 is 0 Å². The van der Waals surface area contributed by atoms with E-state index in [0.717, 1.165) is 0 Å². The van der Waals surface area contributed by atoms with Gasteiger partial charge >= 0.3 is 6.09 Å². The van der Waals surface area contributed by atoms with Gasteiger partial charge in [-0.25, -0.2) is 9.18 Å². The van der Waals surface area contributed by atoms with Crippen molar-refractivity contribution in [2.75, 3.05) is 13.1 Å². The molecule has 2 rings (SSSR count). The van der Waals surface area contributed by atoms with E-state index < -0.39 is 11.7 Å². The van der Waals surface area contributed by atoms with Crippen LogP contribution >= 0.6 is 0 Å². The van der Waals surface area contributed by atoms with Crippen LogP contribution in [0.4, 0.5) is 9.18 Å². The third-order valence-electron chi connectivity index (χ3n) is 3.67. The summed E-state index contributed by atoms with van der Waals surface area (Å²) in [5.74, 6) is -0.799. The summed E-state index contributed by atoms with van der Waals surface area (Å²) in [6.45, 7) is 7.88. The Morgan fingerprint density at radius 2 is 2.00 bits per heavy atom. The number of hydrogen-bond donors (Lipinski definition) is 0. The number of benzene rings is 1. The van der Waals surface area contributed by atoms with Crippen LogP contribution in [0.2, 0.25) is 0 Å². The van der Waals surface area contributed by atoms with Crippen molar-refractivity contribution in [1.82, 2.24) is 4.90 Å². The van der Waals surface area contributed by atoms with Gasteiger partial charge in [0.05, 0.1) is 0 Å². The van der Waals surface area contributed by atoms with Gasteiger partial charge in [-0.3, -0.25) is 4.79 Å². The number of carbonyl (C=O) groups is 2. The SMILES string of the molecule is Cc1ccc(C(=O)[C@@H]2CCN(C(=O)OC(C)(C)C)C2)cc1F. The molecule has 0 radical (unpaired) electrons. The number of halogens is 1. The molecule has 0 aliphatic carbocycles. The minimum atomic E-state index is -0.556. The van der Waals surface area contributed by atoms with Crippen LogP contribution in [0, 0.1) is 18.7 Å². The molecule has 120 valence electrons. The van der Waals surface area contributed by atoms with Crippen molar-refractivity contribution < 1.29 is 18.7 Å². The fourth-order valence-corrected chi connectivity index (χ4v) is 2.45. The van der Waals surface area contributed by atoms with E-state index in [1.807, 2.05) is 0 Å². The fraction of sp³-hybridized carbons (Fsp3) is 0.529. The summed E-state index contributed by atoms with van der Waals surface area (Å²) in [7, 11) is 0. The predicted octanol–water partition coefficient (Wildman–Crippen LogP) is 3.57. The van der Waals surface area contributed by atoms with Gasteiger partial charge in [-0.05, 0) is 45.7 Å². The van der Waals surface area contributed by atoms with E-state index in [4.69, 9.17) is 4.74 Å². The van der Waals surface area contributed by atoms with Crippen LogP contribution in [0.3, 0.4) is 0 Å². The summed E-state index contributed by atoms with van der Waals surface area (Å²) in [5.41, 5.74) is 0.316. The molecule has 1 atom stereocenters. The summed E-state index contributed by atoms with van der Waals surface area (Å²) in [6, 6.07) is 4.51. The molecule has 1 aromatic rings. The van der Waals surface area contributed by atoms with Gasteiger partial charge in [0.15, 0.2) is 5.78 Å². The normalized spacial score (nSPS) is 18.4. The van der Waals surface area contributed by atoms with Gasteiger partial charge in [0.1, 0.15) is 11.4 Å². The smallest absolute Gasteiger partial charge is 0.410 e. The monoisotopic (exact) mass is 307 g/mol. The van der Waals surface area contributed by atoms with E-state index in [9.17, 15) is 14.0 Å². The minimum Gasteiger partial charge on any atom is -0.444 e. The lowest BCUT2D eigenvalue weighted by atomic mass is 9.96. The van der Waals surface area contributed by atoms with Crippen LogP contribution in [0.25, 0.3) is 0 Å². The molecular formula is C17H22FNO3. The molecule has 5 heteroatoms. The highest BCUT2D eigenvalue weighted by Crippen LogP contribution is 2.23. The second kappa shape index (κ2) is 6.07. The van der Waals surface area contributed by atoms with Gasteiger partial charge in [0.2, 0.25) is 0 Å². The van der Waals surface area contributed by atoms with Crippen molar-refractivity contribution >= 4 is 11.9 Å². The zero-order chi connectivity index (χ0) is 16.5. The molecule has 0 bridgehead atoms. The number of nitrogens with zero attached hydrogens (tertiary/aromatic N) is 1. The van der Waals surface area contributed by atoms with Crippen molar-refractivity contribution in [3.63, 3.8) is 0 Å². The minimum absolute atomic E-state index is 0.120. The summed E-state index contributed by atoms with van der Waals surface area (Å²) in [5, 5.41) is 0. The van der Waals surface area contributed by atoms with E-state index in [1.54, 1.807) is 44.7 Å². The number of hydrogen-bond acceptors (Lipinski definition) is 3. The Labute approximate surface area is 130 Å². The molecule has 0 unspecified atom stereocenters. The molecule has 4 nitrogen and oxygen atoms in total. The summed E-state index contributed by atoms with van der Waals surface area (Å²) in [4.78, 5) is 26.0. The molecular weight excluding hydrogens is 285 g/mol. The lowest BCUT2D eigenvalue weighted by Crippen LogP contribution is -2.35. The van der Waals surface area contributed by atoms with Gasteiger partial charge < -0.3 is 9.64 Å². The van der Waals surface area contributed by atoms with Crippen molar-refractivity contribution in [1.29, 1.82) is 0 Å². The zero-order valence-electron chi connectivity index (χ0n) is 13.5. The average molecular weight is 307 g/mol. The van der Waals surface area contributed by atoms with Crippen LogP contribution in [0.1, 0.15) is 43.1 Å². The van der Waals surface area contributed by atoms with E-state index in [2.05, 4.69) is 0 Å². The first-order chi connectivity index (χ1) is 10.2. The Bertz CT molecular complexity index is 592. The first-order valence-electron chi connectivity index (χ1n) is 7.45. The summed E-state index contributed by atoms with van der Waals surface area (Å²) < 4.78 is 18.9. The van der Waals surface area contributed by atoms with E-state index in [-0.39, 0.29) is 17.5 Å². The lowest BCUT2D eigenvalue weighted by Gasteiger charge is -2.24. The van der Waals surface area contributed by atoms with Crippen molar-refractivity contribution in [2.24, 2.45) is 5.92 Å². The molecule has 1 fully saturated rings. The van der Waals surface area contributed by atoms with Crippen LogP contribution in [0.5, 0.6) is 0 Å². The number of carbonyl (C=O) groups excluding carboxylic acids is 2. The van der Waals surface area contributed by atoms with Crippen LogP contribution in [-0.4, -0.2) is 35.5 Å². The molecule has 0 N–H and O–H groups in total. The highest BCUT2D eigenvalue weighted by atomic mass is 19.1. The Hall–Kier alpha value is -1.91. The van der Waals surface area contributed by atoms with E-state index in [0.29, 0.717) is 30.6 Å². The first-order valence-corrected chi connectivity index (χ1v) is 7.45. The molecule has 0 saturated carbocycles. The fourth-order valence-electron chi connectivity index (χ4n) is 2.45. The standard InChI is InChI=1S/C17H22FNO3/c1-11-5-6-12(9-14(11)18)15(20)13-7-8-19(10-13)16(21)22-17(2,3)4/h5-6,9,13H,7-8,10H2,1-4H3/t13-/m1/s1. The Morgan fingerprint density at radius 3 is 2.59 bits per heavy atom. The summed E-state index contributed by atoms with van der Waals surface area (Å²) in [6.07, 6.45) is 0.172. The molecule has 0 spiro atoms. The van der Waals surface area contributed by atoms with Gasteiger partial charge in [0.25, 0.3) is 0 Å². The number of aryl methyl sites for hydroxylation is 1. The quantitative estimate of drug-likeness (QED) is 0.785. The molecule has 22 heavy (non-hydrogen) atoms. The first kappa shape index (κ1) is 16.5. The second-order valence-corrected chi connectivity index (χ2v) is 6.74. The van der Waals surface area contributed by atoms with Crippen molar-refractivity contribution in [3.8, 4) is 0 Å². The number of ketones is 1. The van der Waals surface area contributed by atoms with Gasteiger partial charge in [-0.15, -0.1) is 0 Å². The second-order valence-electron chi connectivity index (χ2n) is 6.74. The third kappa shape index (κ3) is 3.84. The maximum Gasteiger partial charge on any atom is 0.410 e. The molecule has 0 aromatic heterocycles. The number of Topliss-reactive ketones (excluding diaryl/α,β-unsaturated/α-hetero) is 1. The zero-order valence-corrected chi connectivity index (χ0v) is 13.5. The molecule has 1 aliphatic heterocycles. The molecule has 1 aliphatic rings. The van der Waals surface area contributed by atoms with Crippen molar-refractivity contribution in [2.45, 2.75) is 39.7 Å². The molecule has 1 amide bonds. The number of likely N-dealkylation sites (tertiary alicyclic amines) is 1. The largest absolute Gasteiger partial charge is 0.444 e. The van der Waals surface area contributed by atoms with Crippen LogP contribution < -0.4 is 0 Å².